The summed E-state index contributed by atoms with van der Waals surface area (Å²) in [7, 11) is 4.15. The second-order valence-corrected chi connectivity index (χ2v) is 6.94. The van der Waals surface area contributed by atoms with Crippen molar-refractivity contribution in [1.29, 1.82) is 0 Å². The molecule has 0 aliphatic rings. The van der Waals surface area contributed by atoms with Crippen LogP contribution in [0.2, 0.25) is 0 Å². The van der Waals surface area contributed by atoms with E-state index in [1.54, 1.807) is 0 Å². The lowest BCUT2D eigenvalue weighted by Gasteiger charge is -2.11. The molecule has 4 nitrogen and oxygen atoms in total. The molecule has 146 valence electrons. The molecule has 0 bridgehead atoms. The molecule has 0 radical (unpaired) electrons. The predicted molar refractivity (Wildman–Crippen MR) is 115 cm³/mol. The van der Waals surface area contributed by atoms with Crippen LogP contribution in [0.5, 0.6) is 17.2 Å². The summed E-state index contributed by atoms with van der Waals surface area (Å²) < 4.78 is 11.6. The van der Waals surface area contributed by atoms with E-state index in [2.05, 4.69) is 36.4 Å². The first-order chi connectivity index (χ1) is 13.7. The van der Waals surface area contributed by atoms with Crippen molar-refractivity contribution in [2.24, 2.45) is 0 Å². The van der Waals surface area contributed by atoms with Crippen LogP contribution in [0.1, 0.15) is 12.0 Å². The molecule has 3 aromatic carbocycles. The molecule has 0 saturated carbocycles. The lowest BCUT2D eigenvalue weighted by Crippen LogP contribution is -2.15. The third-order valence-electron chi connectivity index (χ3n) is 4.27. The Morgan fingerprint density at radius 3 is 2.07 bits per heavy atom. The molecule has 0 aliphatic heterocycles. The molecule has 0 fully saturated rings. The standard InChI is InChI=1S/C24H28N2O2/c1-26(2)17-6-18-27-22-13-9-20(10-14-22)19-25-21-11-15-24(16-12-21)28-23-7-4-3-5-8-23/h3-5,7-16,25H,6,17-19H2,1-2H3. The number of anilines is 1. The van der Waals surface area contributed by atoms with E-state index in [4.69, 9.17) is 9.47 Å². The van der Waals surface area contributed by atoms with Crippen molar-refractivity contribution in [3.8, 4) is 17.2 Å². The molecule has 0 spiro atoms. The Balaban J connectivity index is 1.43. The van der Waals surface area contributed by atoms with Gasteiger partial charge < -0.3 is 19.7 Å². The summed E-state index contributed by atoms with van der Waals surface area (Å²) in [5, 5.41) is 3.43. The van der Waals surface area contributed by atoms with Crippen LogP contribution >= 0.6 is 0 Å². The fraction of sp³-hybridized carbons (Fsp3) is 0.250. The fourth-order valence-electron chi connectivity index (χ4n) is 2.74. The maximum absolute atomic E-state index is 5.82. The summed E-state index contributed by atoms with van der Waals surface area (Å²) in [5.74, 6) is 2.59. The van der Waals surface area contributed by atoms with Gasteiger partial charge in [-0.05, 0) is 74.6 Å². The Kier molecular flexibility index (Phi) is 7.33. The molecule has 0 aromatic heterocycles. The van der Waals surface area contributed by atoms with E-state index in [-0.39, 0.29) is 0 Å². The van der Waals surface area contributed by atoms with E-state index in [0.29, 0.717) is 0 Å². The largest absolute Gasteiger partial charge is 0.494 e. The smallest absolute Gasteiger partial charge is 0.127 e. The number of ether oxygens (including phenoxy) is 2. The minimum Gasteiger partial charge on any atom is -0.494 e. The quantitative estimate of drug-likeness (QED) is 0.479. The molecule has 0 amide bonds. The van der Waals surface area contributed by atoms with Crippen molar-refractivity contribution in [2.45, 2.75) is 13.0 Å². The van der Waals surface area contributed by atoms with Crippen molar-refractivity contribution < 1.29 is 9.47 Å². The second-order valence-electron chi connectivity index (χ2n) is 6.94. The summed E-state index contributed by atoms with van der Waals surface area (Å²) in [4.78, 5) is 2.17. The van der Waals surface area contributed by atoms with Gasteiger partial charge in [0.15, 0.2) is 0 Å². The average molecular weight is 377 g/mol. The molecule has 0 aliphatic carbocycles. The van der Waals surface area contributed by atoms with Gasteiger partial charge in [0.05, 0.1) is 6.61 Å². The van der Waals surface area contributed by atoms with Crippen LogP contribution in [0.15, 0.2) is 78.9 Å². The zero-order chi connectivity index (χ0) is 19.6. The Bertz CT molecular complexity index is 815. The second kappa shape index (κ2) is 10.4. The number of hydrogen-bond donors (Lipinski definition) is 1. The number of nitrogens with zero attached hydrogens (tertiary/aromatic N) is 1. The Morgan fingerprint density at radius 1 is 0.750 bits per heavy atom. The van der Waals surface area contributed by atoms with E-state index < -0.39 is 0 Å². The molecule has 4 heteroatoms. The highest BCUT2D eigenvalue weighted by Gasteiger charge is 2.00. The van der Waals surface area contributed by atoms with Gasteiger partial charge in [0.1, 0.15) is 17.2 Å². The third-order valence-corrected chi connectivity index (χ3v) is 4.27. The summed E-state index contributed by atoms with van der Waals surface area (Å²) in [6.07, 6.45) is 1.03. The fourth-order valence-corrected chi connectivity index (χ4v) is 2.74. The van der Waals surface area contributed by atoms with Crippen molar-refractivity contribution in [2.75, 3.05) is 32.6 Å². The molecule has 0 unspecified atom stereocenters. The van der Waals surface area contributed by atoms with E-state index in [1.165, 1.54) is 5.56 Å². The average Bonchev–Trinajstić information content (AvgIpc) is 2.72. The lowest BCUT2D eigenvalue weighted by molar-refractivity contribution is 0.281. The molecular weight excluding hydrogens is 348 g/mol. The molecule has 0 atom stereocenters. The zero-order valence-electron chi connectivity index (χ0n) is 16.6. The highest BCUT2D eigenvalue weighted by atomic mass is 16.5. The van der Waals surface area contributed by atoms with Gasteiger partial charge in [0.25, 0.3) is 0 Å². The minimum atomic E-state index is 0.743. The Hall–Kier alpha value is -2.98. The van der Waals surface area contributed by atoms with Gasteiger partial charge in [-0.15, -0.1) is 0 Å². The highest BCUT2D eigenvalue weighted by Crippen LogP contribution is 2.23. The van der Waals surface area contributed by atoms with Crippen molar-refractivity contribution in [3.63, 3.8) is 0 Å². The number of para-hydroxylation sites is 1. The van der Waals surface area contributed by atoms with E-state index in [0.717, 1.165) is 49.1 Å². The summed E-state index contributed by atoms with van der Waals surface area (Å²) in [5.41, 5.74) is 2.27. The van der Waals surface area contributed by atoms with Crippen LogP contribution in [0.4, 0.5) is 5.69 Å². The van der Waals surface area contributed by atoms with Gasteiger partial charge in [0.2, 0.25) is 0 Å². The Labute approximate surface area is 167 Å². The van der Waals surface area contributed by atoms with Crippen LogP contribution < -0.4 is 14.8 Å². The lowest BCUT2D eigenvalue weighted by atomic mass is 10.2. The first-order valence-electron chi connectivity index (χ1n) is 9.62. The molecule has 1 N–H and O–H groups in total. The molecule has 0 heterocycles. The van der Waals surface area contributed by atoms with E-state index in [1.807, 2.05) is 66.7 Å². The summed E-state index contributed by atoms with van der Waals surface area (Å²) in [6.45, 7) is 2.55. The number of hydrogen-bond acceptors (Lipinski definition) is 4. The van der Waals surface area contributed by atoms with Crippen molar-refractivity contribution >= 4 is 5.69 Å². The zero-order valence-corrected chi connectivity index (χ0v) is 16.6. The van der Waals surface area contributed by atoms with Gasteiger partial charge in [-0.25, -0.2) is 0 Å². The van der Waals surface area contributed by atoms with Crippen LogP contribution in [0.25, 0.3) is 0 Å². The van der Waals surface area contributed by atoms with Gasteiger partial charge in [-0.2, -0.15) is 0 Å². The first kappa shape index (κ1) is 19.8. The topological polar surface area (TPSA) is 33.7 Å². The Morgan fingerprint density at radius 2 is 1.39 bits per heavy atom. The van der Waals surface area contributed by atoms with Crippen LogP contribution in [0.3, 0.4) is 0 Å². The van der Waals surface area contributed by atoms with Crippen molar-refractivity contribution in [3.05, 3.63) is 84.4 Å². The van der Waals surface area contributed by atoms with E-state index >= 15 is 0 Å². The van der Waals surface area contributed by atoms with Crippen LogP contribution in [-0.2, 0) is 6.54 Å². The van der Waals surface area contributed by atoms with Gasteiger partial charge >= 0.3 is 0 Å². The maximum Gasteiger partial charge on any atom is 0.127 e. The first-order valence-corrected chi connectivity index (χ1v) is 9.62. The summed E-state index contributed by atoms with van der Waals surface area (Å²) >= 11 is 0. The number of rotatable bonds is 10. The van der Waals surface area contributed by atoms with Gasteiger partial charge in [-0.3, -0.25) is 0 Å². The molecular formula is C24H28N2O2. The van der Waals surface area contributed by atoms with E-state index in [9.17, 15) is 0 Å². The molecule has 3 aromatic rings. The minimum absolute atomic E-state index is 0.743. The third kappa shape index (κ3) is 6.63. The molecule has 0 saturated heterocycles. The number of nitrogens with one attached hydrogen (secondary N) is 1. The number of benzene rings is 3. The van der Waals surface area contributed by atoms with Crippen molar-refractivity contribution in [1.82, 2.24) is 4.90 Å². The normalized spacial score (nSPS) is 10.7. The molecule has 3 rings (SSSR count). The monoisotopic (exact) mass is 376 g/mol. The SMILES string of the molecule is CN(C)CCCOc1ccc(CNc2ccc(Oc3ccccc3)cc2)cc1. The van der Waals surface area contributed by atoms with Crippen LogP contribution in [-0.4, -0.2) is 32.1 Å². The maximum atomic E-state index is 5.82. The molecule has 28 heavy (non-hydrogen) atoms. The van der Waals surface area contributed by atoms with Gasteiger partial charge in [-0.1, -0.05) is 30.3 Å². The summed E-state index contributed by atoms with van der Waals surface area (Å²) in [6, 6.07) is 26.1. The predicted octanol–water partition coefficient (Wildman–Crippen LogP) is 5.42. The highest BCUT2D eigenvalue weighted by molar-refractivity contribution is 5.47. The van der Waals surface area contributed by atoms with Crippen LogP contribution in [0, 0.1) is 0 Å². The van der Waals surface area contributed by atoms with Gasteiger partial charge in [0, 0.05) is 18.8 Å².